The smallest absolute Gasteiger partial charge is 0.0800 e. The highest BCUT2D eigenvalue weighted by Gasteiger charge is 2.12. The van der Waals surface area contributed by atoms with Crippen molar-refractivity contribution in [2.45, 2.75) is 39.2 Å². The van der Waals surface area contributed by atoms with E-state index in [-0.39, 0.29) is 0 Å². The van der Waals surface area contributed by atoms with Crippen LogP contribution in [0.3, 0.4) is 0 Å². The predicted octanol–water partition coefficient (Wildman–Crippen LogP) is 2.93. The van der Waals surface area contributed by atoms with Gasteiger partial charge in [0.25, 0.3) is 0 Å². The molecular weight excluding hydrogens is 176 g/mol. The monoisotopic (exact) mass is 200 g/mol. The van der Waals surface area contributed by atoms with Crippen LogP contribution in [-0.2, 0) is 4.74 Å². The summed E-state index contributed by atoms with van der Waals surface area (Å²) in [5.41, 5.74) is 0.594. The van der Waals surface area contributed by atoms with Gasteiger partial charge in [-0.3, -0.25) is 0 Å². The number of methoxy groups -OCH3 is 1. The van der Waals surface area contributed by atoms with Crippen molar-refractivity contribution < 1.29 is 9.84 Å². The van der Waals surface area contributed by atoms with Gasteiger partial charge in [-0.2, -0.15) is 0 Å². The van der Waals surface area contributed by atoms with Gasteiger partial charge in [-0.15, -0.1) is 6.58 Å². The van der Waals surface area contributed by atoms with Gasteiger partial charge in [-0.05, 0) is 33.6 Å². The van der Waals surface area contributed by atoms with E-state index >= 15 is 0 Å². The summed E-state index contributed by atoms with van der Waals surface area (Å²) >= 11 is 0. The average Bonchev–Trinajstić information content (AvgIpc) is 2.05. The number of hydrogen-bond donors (Lipinski definition) is 1. The summed E-state index contributed by atoms with van der Waals surface area (Å²) in [4.78, 5) is 0. The van der Waals surface area contributed by atoms with Crippen molar-refractivity contribution in [2.75, 3.05) is 14.2 Å². The van der Waals surface area contributed by atoms with Crippen LogP contribution >= 0.6 is 0 Å². The second kappa shape index (κ2) is 8.97. The van der Waals surface area contributed by atoms with E-state index in [1.165, 1.54) is 5.57 Å². The highest BCUT2D eigenvalue weighted by molar-refractivity contribution is 4.97. The van der Waals surface area contributed by atoms with Crippen molar-refractivity contribution in [1.82, 2.24) is 0 Å². The van der Waals surface area contributed by atoms with Gasteiger partial charge in [0.2, 0.25) is 0 Å². The Hall–Kier alpha value is -0.600. The third-order valence-corrected chi connectivity index (χ3v) is 1.64. The predicted molar refractivity (Wildman–Crippen MR) is 62.4 cm³/mol. The topological polar surface area (TPSA) is 29.5 Å². The van der Waals surface area contributed by atoms with Gasteiger partial charge in [0.1, 0.15) is 0 Å². The van der Waals surface area contributed by atoms with E-state index in [0.717, 1.165) is 12.8 Å². The third-order valence-electron chi connectivity index (χ3n) is 1.64. The first-order chi connectivity index (χ1) is 6.39. The fourth-order valence-corrected chi connectivity index (χ4v) is 0.755. The molecule has 0 bridgehead atoms. The number of rotatable bonds is 4. The quantitative estimate of drug-likeness (QED) is 0.707. The van der Waals surface area contributed by atoms with Gasteiger partial charge >= 0.3 is 0 Å². The lowest BCUT2D eigenvalue weighted by Crippen LogP contribution is -2.19. The molecule has 0 rings (SSSR count). The Morgan fingerprint density at radius 2 is 1.86 bits per heavy atom. The van der Waals surface area contributed by atoms with Crippen LogP contribution in [0.1, 0.15) is 33.6 Å². The summed E-state index contributed by atoms with van der Waals surface area (Å²) in [6.45, 7) is 9.45. The van der Waals surface area contributed by atoms with E-state index < -0.39 is 5.60 Å². The van der Waals surface area contributed by atoms with Gasteiger partial charge in [-0.25, -0.2) is 0 Å². The molecule has 0 saturated heterocycles. The molecule has 14 heavy (non-hydrogen) atoms. The minimum absolute atomic E-state index is 0.702. The first-order valence-corrected chi connectivity index (χ1v) is 4.79. The van der Waals surface area contributed by atoms with Crippen molar-refractivity contribution in [1.29, 1.82) is 0 Å². The summed E-state index contributed by atoms with van der Waals surface area (Å²) in [5.74, 6) is 0. The van der Waals surface area contributed by atoms with Crippen LogP contribution in [0.25, 0.3) is 0 Å². The van der Waals surface area contributed by atoms with Crippen LogP contribution in [0.15, 0.2) is 24.3 Å². The molecule has 1 unspecified atom stereocenters. The van der Waals surface area contributed by atoms with Gasteiger partial charge in [0, 0.05) is 14.2 Å². The number of hydrogen-bond acceptors (Lipinski definition) is 2. The Morgan fingerprint density at radius 1 is 1.43 bits per heavy atom. The molecule has 0 aliphatic heterocycles. The highest BCUT2D eigenvalue weighted by Crippen LogP contribution is 2.13. The zero-order valence-corrected chi connectivity index (χ0v) is 10.1. The Labute approximate surface area is 88.3 Å². The maximum atomic E-state index is 9.49. The van der Waals surface area contributed by atoms with E-state index in [0.29, 0.717) is 0 Å². The van der Waals surface area contributed by atoms with Crippen molar-refractivity contribution in [3.63, 3.8) is 0 Å². The maximum absolute atomic E-state index is 9.49. The molecule has 0 saturated carbocycles. The number of ether oxygens (including phenoxy) is 1. The molecular formula is C12H24O2. The first-order valence-electron chi connectivity index (χ1n) is 4.79. The number of allylic oxidation sites excluding steroid dienone is 2. The molecule has 2 heteroatoms. The van der Waals surface area contributed by atoms with Crippen LogP contribution in [-0.4, -0.2) is 24.9 Å². The fourth-order valence-electron chi connectivity index (χ4n) is 0.755. The Bertz CT molecular complexity index is 165. The Balaban J connectivity index is 0. The lowest BCUT2D eigenvalue weighted by atomic mass is 10.00. The van der Waals surface area contributed by atoms with Crippen molar-refractivity contribution in [3.05, 3.63) is 24.3 Å². The van der Waals surface area contributed by atoms with Crippen molar-refractivity contribution in [2.24, 2.45) is 0 Å². The standard InChI is InChI=1S/C10H18O.C2H6O/c1-5-10(4,11)8-6-7-9(2)3;1-3-2/h5,7,11H,1,6,8H2,2-4H3;1-2H3. The molecule has 0 aliphatic carbocycles. The van der Waals surface area contributed by atoms with Crippen LogP contribution < -0.4 is 0 Å². The fraction of sp³-hybridized carbons (Fsp3) is 0.667. The van der Waals surface area contributed by atoms with Gasteiger partial charge in [0.05, 0.1) is 5.60 Å². The molecule has 1 atom stereocenters. The minimum atomic E-state index is -0.702. The Kier molecular flexibility index (Phi) is 10.2. The van der Waals surface area contributed by atoms with E-state index in [1.54, 1.807) is 27.2 Å². The molecule has 0 amide bonds. The zero-order valence-electron chi connectivity index (χ0n) is 10.1. The SMILES string of the molecule is C=CC(C)(O)CCC=C(C)C.COC. The van der Waals surface area contributed by atoms with Crippen molar-refractivity contribution in [3.8, 4) is 0 Å². The van der Waals surface area contributed by atoms with Crippen molar-refractivity contribution >= 4 is 0 Å². The average molecular weight is 200 g/mol. The zero-order chi connectivity index (χ0) is 11.6. The lowest BCUT2D eigenvalue weighted by molar-refractivity contribution is 0.103. The van der Waals surface area contributed by atoms with Gasteiger partial charge in [-0.1, -0.05) is 17.7 Å². The lowest BCUT2D eigenvalue weighted by Gasteiger charge is -2.16. The molecule has 84 valence electrons. The van der Waals surface area contributed by atoms with Crippen LogP contribution in [0, 0.1) is 0 Å². The van der Waals surface area contributed by atoms with Gasteiger partial charge < -0.3 is 9.84 Å². The molecule has 0 aromatic heterocycles. The largest absolute Gasteiger partial charge is 0.388 e. The Morgan fingerprint density at radius 3 is 2.14 bits per heavy atom. The van der Waals surface area contributed by atoms with E-state index in [1.807, 2.05) is 0 Å². The first kappa shape index (κ1) is 15.9. The van der Waals surface area contributed by atoms with Crippen LogP contribution in [0.4, 0.5) is 0 Å². The summed E-state index contributed by atoms with van der Waals surface area (Å²) in [7, 11) is 3.25. The summed E-state index contributed by atoms with van der Waals surface area (Å²) < 4.78 is 4.25. The third kappa shape index (κ3) is 14.0. The highest BCUT2D eigenvalue weighted by atomic mass is 16.4. The molecule has 1 N–H and O–H groups in total. The molecule has 0 heterocycles. The molecule has 2 nitrogen and oxygen atoms in total. The summed E-state index contributed by atoms with van der Waals surface area (Å²) in [5, 5.41) is 9.49. The summed E-state index contributed by atoms with van der Waals surface area (Å²) in [6.07, 6.45) is 5.38. The summed E-state index contributed by atoms with van der Waals surface area (Å²) in [6, 6.07) is 0. The molecule has 0 spiro atoms. The second-order valence-corrected chi connectivity index (χ2v) is 3.79. The molecule has 0 radical (unpaired) electrons. The normalized spacial score (nSPS) is 13.3. The van der Waals surface area contributed by atoms with E-state index in [2.05, 4.69) is 31.2 Å². The van der Waals surface area contributed by atoms with E-state index in [9.17, 15) is 5.11 Å². The molecule has 0 aromatic rings. The van der Waals surface area contributed by atoms with E-state index in [4.69, 9.17) is 0 Å². The second-order valence-electron chi connectivity index (χ2n) is 3.79. The van der Waals surface area contributed by atoms with Crippen LogP contribution in [0.2, 0.25) is 0 Å². The molecule has 0 fully saturated rings. The molecule has 0 aromatic carbocycles. The minimum Gasteiger partial charge on any atom is -0.388 e. The maximum Gasteiger partial charge on any atom is 0.0800 e. The van der Waals surface area contributed by atoms with Crippen LogP contribution in [0.5, 0.6) is 0 Å². The van der Waals surface area contributed by atoms with Gasteiger partial charge in [0.15, 0.2) is 0 Å². The number of aliphatic hydroxyl groups is 1. The molecule has 0 aliphatic rings.